The highest BCUT2D eigenvalue weighted by molar-refractivity contribution is 9.10. The molecule has 1 heterocycles. The minimum atomic E-state index is -2.98. The van der Waals surface area contributed by atoms with Crippen LogP contribution in [0.4, 0.5) is 11.8 Å². The van der Waals surface area contributed by atoms with Crippen molar-refractivity contribution in [3.8, 4) is 0 Å². The average Bonchev–Trinajstić information content (AvgIpc) is 2.28. The van der Waals surface area contributed by atoms with Crippen LogP contribution in [0.1, 0.15) is 6.92 Å². The van der Waals surface area contributed by atoms with Crippen LogP contribution in [0, 0.1) is 0 Å². The molecule has 0 bridgehead atoms. The van der Waals surface area contributed by atoms with Crippen LogP contribution < -0.4 is 10.2 Å². The smallest absolute Gasteiger partial charge is 0.224 e. The van der Waals surface area contributed by atoms with E-state index in [0.29, 0.717) is 18.3 Å². The lowest BCUT2D eigenvalue weighted by Crippen LogP contribution is -2.26. The summed E-state index contributed by atoms with van der Waals surface area (Å²) in [4.78, 5) is 10.2. The van der Waals surface area contributed by atoms with Gasteiger partial charge in [-0.05, 0) is 22.9 Å². The summed E-state index contributed by atoms with van der Waals surface area (Å²) in [5, 5.41) is 3.01. The molecule has 0 spiro atoms. The van der Waals surface area contributed by atoms with Gasteiger partial charge in [0, 0.05) is 32.6 Å². The first-order valence-electron chi connectivity index (χ1n) is 5.48. The average molecular weight is 337 g/mol. The molecule has 0 saturated carbocycles. The Morgan fingerprint density at radius 3 is 2.72 bits per heavy atom. The molecular formula is C10H17BrN4O2S. The molecule has 1 N–H and O–H groups in total. The quantitative estimate of drug-likeness (QED) is 0.839. The van der Waals surface area contributed by atoms with Crippen molar-refractivity contribution in [3.05, 3.63) is 10.7 Å². The minimum Gasteiger partial charge on any atom is -0.358 e. The van der Waals surface area contributed by atoms with Crippen molar-refractivity contribution in [2.24, 2.45) is 0 Å². The lowest BCUT2D eigenvalue weighted by molar-refractivity contribution is 0.601. The maximum absolute atomic E-state index is 11.1. The number of nitrogens with zero attached hydrogens (tertiary/aromatic N) is 3. The number of nitrogens with one attached hydrogen (secondary N) is 1. The monoisotopic (exact) mass is 336 g/mol. The first kappa shape index (κ1) is 15.2. The van der Waals surface area contributed by atoms with Gasteiger partial charge in [-0.1, -0.05) is 0 Å². The fourth-order valence-corrected chi connectivity index (χ4v) is 2.38. The Kier molecular flexibility index (Phi) is 5.33. The Balaban J connectivity index is 2.83. The normalized spacial score (nSPS) is 11.3. The van der Waals surface area contributed by atoms with Gasteiger partial charge in [-0.15, -0.1) is 0 Å². The topological polar surface area (TPSA) is 75.2 Å². The fraction of sp³-hybridized carbons (Fsp3) is 0.600. The van der Waals surface area contributed by atoms with Gasteiger partial charge in [0.1, 0.15) is 15.7 Å². The Hall–Kier alpha value is -0.890. The van der Waals surface area contributed by atoms with Crippen LogP contribution in [0.15, 0.2) is 10.7 Å². The van der Waals surface area contributed by atoms with Crippen molar-refractivity contribution in [1.29, 1.82) is 0 Å². The predicted octanol–water partition coefficient (Wildman–Crippen LogP) is 1.15. The Morgan fingerprint density at radius 2 is 2.17 bits per heavy atom. The van der Waals surface area contributed by atoms with E-state index in [1.54, 1.807) is 18.1 Å². The van der Waals surface area contributed by atoms with E-state index in [0.717, 1.165) is 11.0 Å². The van der Waals surface area contributed by atoms with Crippen molar-refractivity contribution in [2.75, 3.05) is 42.4 Å². The van der Waals surface area contributed by atoms with Gasteiger partial charge in [-0.2, -0.15) is 4.98 Å². The number of hydrogen-bond acceptors (Lipinski definition) is 6. The molecule has 0 atom stereocenters. The maximum atomic E-state index is 11.1. The zero-order valence-corrected chi connectivity index (χ0v) is 13.0. The van der Waals surface area contributed by atoms with Crippen molar-refractivity contribution < 1.29 is 8.42 Å². The maximum Gasteiger partial charge on any atom is 0.224 e. The number of anilines is 2. The molecule has 102 valence electrons. The van der Waals surface area contributed by atoms with Crippen LogP contribution in [0.25, 0.3) is 0 Å². The third-order valence-corrected chi connectivity index (χ3v) is 3.70. The van der Waals surface area contributed by atoms with Crippen LogP contribution in [-0.2, 0) is 9.84 Å². The lowest BCUT2D eigenvalue weighted by Gasteiger charge is -2.19. The van der Waals surface area contributed by atoms with Crippen LogP contribution >= 0.6 is 15.9 Å². The van der Waals surface area contributed by atoms with Gasteiger partial charge in [0.25, 0.3) is 0 Å². The lowest BCUT2D eigenvalue weighted by atomic mass is 10.5. The van der Waals surface area contributed by atoms with Gasteiger partial charge in [0.15, 0.2) is 0 Å². The SMILES string of the molecule is CCNc1ncc(Br)c(N(C)CCS(C)(=O)=O)n1. The number of halogens is 1. The van der Waals surface area contributed by atoms with Crippen LogP contribution in [0.5, 0.6) is 0 Å². The number of aromatic nitrogens is 2. The number of hydrogen-bond donors (Lipinski definition) is 1. The number of rotatable bonds is 6. The van der Waals surface area contributed by atoms with Gasteiger partial charge in [-0.25, -0.2) is 13.4 Å². The molecule has 18 heavy (non-hydrogen) atoms. The van der Waals surface area contributed by atoms with Gasteiger partial charge >= 0.3 is 0 Å². The molecule has 0 aliphatic rings. The number of sulfone groups is 1. The van der Waals surface area contributed by atoms with Crippen molar-refractivity contribution in [1.82, 2.24) is 9.97 Å². The van der Waals surface area contributed by atoms with Gasteiger partial charge < -0.3 is 10.2 Å². The van der Waals surface area contributed by atoms with E-state index in [1.807, 2.05) is 6.92 Å². The predicted molar refractivity (Wildman–Crippen MR) is 76.9 cm³/mol. The zero-order valence-electron chi connectivity index (χ0n) is 10.6. The molecular weight excluding hydrogens is 320 g/mol. The van der Waals surface area contributed by atoms with Crippen LogP contribution in [0.3, 0.4) is 0 Å². The summed E-state index contributed by atoms with van der Waals surface area (Å²) in [6.07, 6.45) is 2.87. The molecule has 0 aromatic carbocycles. The minimum absolute atomic E-state index is 0.0937. The highest BCUT2D eigenvalue weighted by Crippen LogP contribution is 2.23. The molecule has 0 unspecified atom stereocenters. The Bertz CT molecular complexity index is 507. The molecule has 1 aromatic rings. The molecule has 1 aromatic heterocycles. The standard InChI is InChI=1S/C10H17BrN4O2S/c1-4-12-10-13-7-8(11)9(14-10)15(2)5-6-18(3,16)17/h7H,4-6H2,1-3H3,(H,12,13,14). The first-order valence-corrected chi connectivity index (χ1v) is 8.34. The molecule has 6 nitrogen and oxygen atoms in total. The third-order valence-electron chi connectivity index (χ3n) is 2.22. The molecule has 0 fully saturated rings. The summed E-state index contributed by atoms with van der Waals surface area (Å²) >= 11 is 3.36. The largest absolute Gasteiger partial charge is 0.358 e. The van der Waals surface area contributed by atoms with E-state index in [2.05, 4.69) is 31.2 Å². The van der Waals surface area contributed by atoms with E-state index in [4.69, 9.17) is 0 Å². The van der Waals surface area contributed by atoms with E-state index >= 15 is 0 Å². The summed E-state index contributed by atoms with van der Waals surface area (Å²) in [6.45, 7) is 3.08. The molecule has 0 aliphatic heterocycles. The molecule has 0 radical (unpaired) electrons. The van der Waals surface area contributed by atoms with E-state index in [-0.39, 0.29) is 5.75 Å². The first-order chi connectivity index (χ1) is 8.33. The highest BCUT2D eigenvalue weighted by Gasteiger charge is 2.12. The third kappa shape index (κ3) is 4.77. The molecule has 0 saturated heterocycles. The van der Waals surface area contributed by atoms with Gasteiger partial charge in [0.05, 0.1) is 10.2 Å². The molecule has 0 aliphatic carbocycles. The summed E-state index contributed by atoms with van der Waals surface area (Å²) in [6, 6.07) is 0. The second-order valence-corrected chi connectivity index (χ2v) is 7.06. The summed E-state index contributed by atoms with van der Waals surface area (Å²) < 4.78 is 23.0. The van der Waals surface area contributed by atoms with E-state index in [1.165, 1.54) is 6.26 Å². The van der Waals surface area contributed by atoms with E-state index in [9.17, 15) is 8.42 Å². The zero-order chi connectivity index (χ0) is 13.8. The summed E-state index contributed by atoms with van der Waals surface area (Å²) in [5.41, 5.74) is 0. The van der Waals surface area contributed by atoms with Crippen LogP contribution in [0.2, 0.25) is 0 Å². The second-order valence-electron chi connectivity index (χ2n) is 3.95. The second kappa shape index (κ2) is 6.33. The molecule has 8 heteroatoms. The van der Waals surface area contributed by atoms with Crippen LogP contribution in [-0.4, -0.2) is 50.5 Å². The summed E-state index contributed by atoms with van der Waals surface area (Å²) in [7, 11) is -1.18. The fourth-order valence-electron chi connectivity index (χ4n) is 1.28. The highest BCUT2D eigenvalue weighted by atomic mass is 79.9. The molecule has 0 amide bonds. The van der Waals surface area contributed by atoms with E-state index < -0.39 is 9.84 Å². The van der Waals surface area contributed by atoms with Gasteiger partial charge in [0.2, 0.25) is 5.95 Å². The van der Waals surface area contributed by atoms with Crippen molar-refractivity contribution in [2.45, 2.75) is 6.92 Å². The Morgan fingerprint density at radius 1 is 1.50 bits per heavy atom. The molecule has 1 rings (SSSR count). The van der Waals surface area contributed by atoms with Gasteiger partial charge in [-0.3, -0.25) is 0 Å². The van der Waals surface area contributed by atoms with Crippen molar-refractivity contribution in [3.63, 3.8) is 0 Å². The van der Waals surface area contributed by atoms with Crippen molar-refractivity contribution >= 4 is 37.5 Å². The summed E-state index contributed by atoms with van der Waals surface area (Å²) in [5.74, 6) is 1.29. The Labute approximate surface area is 116 Å².